The highest BCUT2D eigenvalue weighted by atomic mass is 16.5. The van der Waals surface area contributed by atoms with Crippen LogP contribution in [0.25, 0.3) is 0 Å². The number of likely N-dealkylation sites (tertiary alicyclic amines) is 1. The molecule has 1 aliphatic carbocycles. The summed E-state index contributed by atoms with van der Waals surface area (Å²) in [4.78, 5) is 34.7. The Morgan fingerprint density at radius 1 is 1.22 bits per heavy atom. The summed E-state index contributed by atoms with van der Waals surface area (Å²) >= 11 is 0. The molecule has 1 N–H and O–H groups in total. The van der Waals surface area contributed by atoms with E-state index < -0.39 is 5.92 Å². The number of pyridine rings is 1. The lowest BCUT2D eigenvalue weighted by Crippen LogP contribution is -2.36. The molecule has 170 valence electrons. The maximum Gasteiger partial charge on any atom is 0.226 e. The zero-order chi connectivity index (χ0) is 22.7. The van der Waals surface area contributed by atoms with Crippen LogP contribution in [0.2, 0.25) is 0 Å². The fraction of sp³-hybridized carbons (Fsp3) is 0.480. The van der Waals surface area contributed by atoms with Crippen molar-refractivity contribution in [3.63, 3.8) is 0 Å². The van der Waals surface area contributed by atoms with Crippen molar-refractivity contribution in [1.82, 2.24) is 15.2 Å². The van der Waals surface area contributed by atoms with Gasteiger partial charge in [-0.25, -0.2) is 4.98 Å². The van der Waals surface area contributed by atoms with E-state index in [2.05, 4.69) is 29.0 Å². The van der Waals surface area contributed by atoms with E-state index in [0.29, 0.717) is 6.54 Å². The number of anilines is 1. The van der Waals surface area contributed by atoms with E-state index in [1.165, 1.54) is 0 Å². The average molecular weight is 437 g/mol. The molecule has 2 atom stereocenters. The number of methoxy groups -OCH3 is 1. The van der Waals surface area contributed by atoms with Crippen LogP contribution < -0.4 is 15.0 Å². The third kappa shape index (κ3) is 4.56. The molecule has 2 amide bonds. The molecular weight excluding hydrogens is 404 g/mol. The van der Waals surface area contributed by atoms with E-state index in [1.807, 2.05) is 47.5 Å². The fourth-order valence-electron chi connectivity index (χ4n) is 4.57. The number of rotatable bonds is 9. The van der Waals surface area contributed by atoms with Gasteiger partial charge in [0.1, 0.15) is 11.6 Å². The van der Waals surface area contributed by atoms with Gasteiger partial charge in [-0.1, -0.05) is 18.2 Å². The standard InChI is InChI=1S/C25H32N4O3/c1-4-28(5-2)22-12-9-17(15-26-22)16-27-25(31)21-14-23(30)29(19-10-11-19)24(21)18-7-6-8-20(13-18)32-3/h6-9,12-13,15,19,21,24H,4-5,10-11,14,16H2,1-3H3,(H,27,31)/t21-,24-/m0/s1. The van der Waals surface area contributed by atoms with Crippen LogP contribution in [0.5, 0.6) is 5.75 Å². The maximum atomic E-state index is 13.2. The molecule has 1 saturated heterocycles. The van der Waals surface area contributed by atoms with E-state index in [9.17, 15) is 9.59 Å². The fourth-order valence-corrected chi connectivity index (χ4v) is 4.57. The first-order chi connectivity index (χ1) is 15.5. The number of carbonyl (C=O) groups is 2. The van der Waals surface area contributed by atoms with Gasteiger partial charge < -0.3 is 19.9 Å². The number of nitrogens with zero attached hydrogens (tertiary/aromatic N) is 3. The predicted octanol–water partition coefficient (Wildman–Crippen LogP) is 3.30. The molecule has 0 spiro atoms. The number of ether oxygens (including phenoxy) is 1. The Morgan fingerprint density at radius 3 is 2.62 bits per heavy atom. The van der Waals surface area contributed by atoms with Crippen LogP contribution in [0.3, 0.4) is 0 Å². The highest BCUT2D eigenvalue weighted by molar-refractivity contribution is 5.90. The Hall–Kier alpha value is -3.09. The molecule has 0 bridgehead atoms. The van der Waals surface area contributed by atoms with Crippen LogP contribution >= 0.6 is 0 Å². The third-order valence-electron chi connectivity index (χ3n) is 6.44. The summed E-state index contributed by atoms with van der Waals surface area (Å²) in [5.41, 5.74) is 1.89. The SMILES string of the molecule is CCN(CC)c1ccc(CNC(=O)[C@H]2CC(=O)N(C3CC3)[C@H]2c2cccc(OC)c2)cn1. The van der Waals surface area contributed by atoms with Crippen molar-refractivity contribution in [3.05, 3.63) is 53.7 Å². The van der Waals surface area contributed by atoms with Gasteiger partial charge in [-0.2, -0.15) is 0 Å². The smallest absolute Gasteiger partial charge is 0.226 e. The molecule has 7 nitrogen and oxygen atoms in total. The first-order valence-corrected chi connectivity index (χ1v) is 11.5. The normalized spacial score (nSPS) is 20.3. The van der Waals surface area contributed by atoms with Crippen LogP contribution in [0.4, 0.5) is 5.82 Å². The summed E-state index contributed by atoms with van der Waals surface area (Å²) in [7, 11) is 1.63. The first-order valence-electron chi connectivity index (χ1n) is 11.5. The lowest BCUT2D eigenvalue weighted by Gasteiger charge is -2.28. The summed E-state index contributed by atoms with van der Waals surface area (Å²) in [6.07, 6.45) is 4.06. The van der Waals surface area contributed by atoms with Crippen molar-refractivity contribution in [2.45, 2.75) is 51.7 Å². The van der Waals surface area contributed by atoms with Gasteiger partial charge in [0.25, 0.3) is 0 Å². The highest BCUT2D eigenvalue weighted by Gasteiger charge is 2.49. The largest absolute Gasteiger partial charge is 0.497 e. The number of aromatic nitrogens is 1. The highest BCUT2D eigenvalue weighted by Crippen LogP contribution is 2.45. The quantitative estimate of drug-likeness (QED) is 0.653. The molecule has 1 aliphatic heterocycles. The summed E-state index contributed by atoms with van der Waals surface area (Å²) in [6.45, 7) is 6.40. The Kier molecular flexibility index (Phi) is 6.63. The van der Waals surface area contributed by atoms with Gasteiger partial charge in [0.05, 0.1) is 19.1 Å². The minimum Gasteiger partial charge on any atom is -0.497 e. The van der Waals surface area contributed by atoms with Crippen molar-refractivity contribution in [2.24, 2.45) is 5.92 Å². The number of benzene rings is 1. The van der Waals surface area contributed by atoms with Crippen molar-refractivity contribution >= 4 is 17.6 Å². The molecule has 2 aliphatic rings. The van der Waals surface area contributed by atoms with Crippen LogP contribution in [0.1, 0.15) is 50.3 Å². The molecule has 0 radical (unpaired) electrons. The molecule has 4 rings (SSSR count). The van der Waals surface area contributed by atoms with Crippen molar-refractivity contribution in [1.29, 1.82) is 0 Å². The number of hydrogen-bond donors (Lipinski definition) is 1. The number of nitrogens with one attached hydrogen (secondary N) is 1. The maximum absolute atomic E-state index is 13.2. The summed E-state index contributed by atoms with van der Waals surface area (Å²) in [6, 6.07) is 11.7. The molecule has 2 aromatic rings. The topological polar surface area (TPSA) is 74.8 Å². The second-order valence-electron chi connectivity index (χ2n) is 8.48. The van der Waals surface area contributed by atoms with Gasteiger partial charge in [0.15, 0.2) is 0 Å². The molecule has 1 aromatic carbocycles. The zero-order valence-corrected chi connectivity index (χ0v) is 19.1. The van der Waals surface area contributed by atoms with Gasteiger partial charge in [0.2, 0.25) is 11.8 Å². The molecular formula is C25H32N4O3. The Morgan fingerprint density at radius 2 is 2.00 bits per heavy atom. The lowest BCUT2D eigenvalue weighted by atomic mass is 9.92. The molecule has 1 saturated carbocycles. The second-order valence-corrected chi connectivity index (χ2v) is 8.48. The Balaban J connectivity index is 1.48. The molecule has 7 heteroatoms. The van der Waals surface area contributed by atoms with Gasteiger partial charge in [0, 0.05) is 38.3 Å². The van der Waals surface area contributed by atoms with Crippen LogP contribution in [0.15, 0.2) is 42.6 Å². The van der Waals surface area contributed by atoms with E-state index in [0.717, 1.165) is 48.6 Å². The number of carbonyl (C=O) groups excluding carboxylic acids is 2. The minimum atomic E-state index is -0.418. The molecule has 2 fully saturated rings. The third-order valence-corrected chi connectivity index (χ3v) is 6.44. The van der Waals surface area contributed by atoms with Gasteiger partial charge in [-0.3, -0.25) is 9.59 Å². The molecule has 1 aromatic heterocycles. The van der Waals surface area contributed by atoms with Crippen LogP contribution in [-0.4, -0.2) is 47.9 Å². The molecule has 32 heavy (non-hydrogen) atoms. The van der Waals surface area contributed by atoms with Crippen LogP contribution in [-0.2, 0) is 16.1 Å². The second kappa shape index (κ2) is 9.59. The van der Waals surface area contributed by atoms with Crippen molar-refractivity contribution in [3.8, 4) is 5.75 Å². The lowest BCUT2D eigenvalue weighted by molar-refractivity contribution is -0.129. The number of hydrogen-bond acceptors (Lipinski definition) is 5. The van der Waals surface area contributed by atoms with Gasteiger partial charge >= 0.3 is 0 Å². The molecule has 2 heterocycles. The van der Waals surface area contributed by atoms with Gasteiger partial charge in [-0.15, -0.1) is 0 Å². The molecule has 0 unspecified atom stereocenters. The van der Waals surface area contributed by atoms with Crippen molar-refractivity contribution in [2.75, 3.05) is 25.1 Å². The first kappa shape index (κ1) is 22.1. The summed E-state index contributed by atoms with van der Waals surface area (Å²) in [5.74, 6) is 1.21. The number of amides is 2. The average Bonchev–Trinajstić information content (AvgIpc) is 3.60. The summed E-state index contributed by atoms with van der Waals surface area (Å²) in [5, 5.41) is 3.04. The van der Waals surface area contributed by atoms with Gasteiger partial charge in [-0.05, 0) is 56.0 Å². The monoisotopic (exact) mass is 436 g/mol. The Labute approximate surface area is 189 Å². The van der Waals surface area contributed by atoms with Crippen LogP contribution in [0, 0.1) is 5.92 Å². The van der Waals surface area contributed by atoms with E-state index in [4.69, 9.17) is 4.74 Å². The minimum absolute atomic E-state index is 0.0608. The predicted molar refractivity (Wildman–Crippen MR) is 123 cm³/mol. The Bertz CT molecular complexity index is 954. The van der Waals surface area contributed by atoms with E-state index in [-0.39, 0.29) is 30.3 Å². The van der Waals surface area contributed by atoms with Crippen molar-refractivity contribution < 1.29 is 14.3 Å². The zero-order valence-electron chi connectivity index (χ0n) is 19.1. The van der Waals surface area contributed by atoms with E-state index in [1.54, 1.807) is 7.11 Å². The summed E-state index contributed by atoms with van der Waals surface area (Å²) < 4.78 is 5.38. The van der Waals surface area contributed by atoms with E-state index >= 15 is 0 Å².